The molecule has 4 nitrogen and oxygen atoms in total. The van der Waals surface area contributed by atoms with E-state index >= 15 is 0 Å². The number of ether oxygens (including phenoxy) is 2. The van der Waals surface area contributed by atoms with Crippen LogP contribution in [0.25, 0.3) is 0 Å². The lowest BCUT2D eigenvalue weighted by Gasteiger charge is -2.38. The lowest BCUT2D eigenvalue weighted by atomic mass is 9.93. The largest absolute Gasteiger partial charge is 0.486 e. The highest BCUT2D eigenvalue weighted by Crippen LogP contribution is 2.40. The molecule has 1 aromatic carbocycles. The Morgan fingerprint density at radius 3 is 2.67 bits per heavy atom. The van der Waals surface area contributed by atoms with E-state index in [1.807, 2.05) is 19.1 Å². The van der Waals surface area contributed by atoms with Gasteiger partial charge in [-0.15, -0.1) is 0 Å². The Morgan fingerprint density at radius 2 is 1.89 bits per heavy atom. The van der Waals surface area contributed by atoms with Crippen LogP contribution in [0.5, 0.6) is 11.5 Å². The zero-order valence-corrected chi connectivity index (χ0v) is 10.7. The van der Waals surface area contributed by atoms with Gasteiger partial charge in [-0.2, -0.15) is 0 Å². The lowest BCUT2D eigenvalue weighted by Crippen LogP contribution is -2.42. The van der Waals surface area contributed by atoms with Crippen molar-refractivity contribution in [3.8, 4) is 11.5 Å². The van der Waals surface area contributed by atoms with Crippen molar-refractivity contribution < 1.29 is 14.6 Å². The predicted molar refractivity (Wildman–Crippen MR) is 69.5 cm³/mol. The van der Waals surface area contributed by atoms with Crippen LogP contribution in [-0.2, 0) is 0 Å². The van der Waals surface area contributed by atoms with Gasteiger partial charge in [-0.05, 0) is 31.9 Å². The molecule has 0 atom stereocenters. The van der Waals surface area contributed by atoms with Gasteiger partial charge >= 0.3 is 0 Å². The Bertz CT molecular complexity index is 435. The minimum atomic E-state index is -0.525. The van der Waals surface area contributed by atoms with E-state index in [-0.39, 0.29) is 0 Å². The van der Waals surface area contributed by atoms with Crippen molar-refractivity contribution in [3.05, 3.63) is 18.2 Å². The van der Waals surface area contributed by atoms with E-state index in [9.17, 15) is 5.11 Å². The van der Waals surface area contributed by atoms with Gasteiger partial charge in [0.1, 0.15) is 13.2 Å². The number of nitrogens with zero attached hydrogens (tertiary/aromatic N) is 1. The quantitative estimate of drug-likeness (QED) is 0.824. The van der Waals surface area contributed by atoms with E-state index in [1.165, 1.54) is 0 Å². The number of fused-ring (bicyclic) bond motifs is 1. The molecule has 2 aliphatic heterocycles. The molecule has 98 valence electrons. The van der Waals surface area contributed by atoms with Gasteiger partial charge < -0.3 is 19.5 Å². The van der Waals surface area contributed by atoms with E-state index in [2.05, 4.69) is 11.0 Å². The van der Waals surface area contributed by atoms with Gasteiger partial charge in [-0.1, -0.05) is 6.07 Å². The minimum Gasteiger partial charge on any atom is -0.486 e. The Balaban J connectivity index is 1.85. The Labute approximate surface area is 107 Å². The van der Waals surface area contributed by atoms with Crippen molar-refractivity contribution in [2.75, 3.05) is 31.2 Å². The number of benzene rings is 1. The van der Waals surface area contributed by atoms with Crippen LogP contribution in [0.3, 0.4) is 0 Å². The van der Waals surface area contributed by atoms with Gasteiger partial charge in [-0.25, -0.2) is 0 Å². The molecule has 2 heterocycles. The Kier molecular flexibility index (Phi) is 2.82. The van der Waals surface area contributed by atoms with Crippen LogP contribution < -0.4 is 14.4 Å². The number of hydrogen-bond acceptors (Lipinski definition) is 4. The van der Waals surface area contributed by atoms with Gasteiger partial charge in [0.05, 0.1) is 11.3 Å². The third-order valence-corrected chi connectivity index (χ3v) is 3.73. The standard InChI is InChI=1S/C14H19NO3/c1-14(16)5-7-15(8-6-14)11-3-2-4-12-13(11)18-10-9-17-12/h2-4,16H,5-10H2,1H3. The summed E-state index contributed by atoms with van der Waals surface area (Å²) in [6.45, 7) is 4.84. The highest BCUT2D eigenvalue weighted by Gasteiger charge is 2.29. The molecule has 1 saturated heterocycles. The summed E-state index contributed by atoms with van der Waals surface area (Å²) in [6, 6.07) is 6.00. The fraction of sp³-hybridized carbons (Fsp3) is 0.571. The minimum absolute atomic E-state index is 0.525. The maximum atomic E-state index is 9.99. The summed E-state index contributed by atoms with van der Waals surface area (Å²) >= 11 is 0. The van der Waals surface area contributed by atoms with E-state index in [1.54, 1.807) is 0 Å². The van der Waals surface area contributed by atoms with Crippen molar-refractivity contribution in [1.82, 2.24) is 0 Å². The maximum absolute atomic E-state index is 9.99. The molecular weight excluding hydrogens is 230 g/mol. The van der Waals surface area contributed by atoms with Crippen molar-refractivity contribution >= 4 is 5.69 Å². The van der Waals surface area contributed by atoms with Crippen LogP contribution in [0.4, 0.5) is 5.69 Å². The third-order valence-electron chi connectivity index (χ3n) is 3.73. The van der Waals surface area contributed by atoms with Crippen LogP contribution in [0, 0.1) is 0 Å². The summed E-state index contributed by atoms with van der Waals surface area (Å²) in [5.41, 5.74) is 0.561. The summed E-state index contributed by atoms with van der Waals surface area (Å²) in [5.74, 6) is 1.68. The molecule has 1 aromatic rings. The molecule has 18 heavy (non-hydrogen) atoms. The zero-order valence-electron chi connectivity index (χ0n) is 10.7. The fourth-order valence-electron chi connectivity index (χ4n) is 2.54. The first-order valence-corrected chi connectivity index (χ1v) is 6.52. The van der Waals surface area contributed by atoms with Gasteiger partial charge in [0, 0.05) is 13.1 Å². The normalized spacial score (nSPS) is 21.8. The monoisotopic (exact) mass is 249 g/mol. The number of anilines is 1. The zero-order chi connectivity index (χ0) is 12.6. The molecule has 0 radical (unpaired) electrons. The Hall–Kier alpha value is -1.42. The second-order valence-electron chi connectivity index (χ2n) is 5.29. The highest BCUT2D eigenvalue weighted by molar-refractivity contribution is 5.65. The molecular formula is C14H19NO3. The first-order chi connectivity index (χ1) is 8.66. The van der Waals surface area contributed by atoms with E-state index in [0.29, 0.717) is 13.2 Å². The summed E-state index contributed by atoms with van der Waals surface area (Å²) in [6.07, 6.45) is 1.58. The molecule has 3 rings (SSSR count). The van der Waals surface area contributed by atoms with Crippen LogP contribution in [0.2, 0.25) is 0 Å². The smallest absolute Gasteiger partial charge is 0.184 e. The second-order valence-corrected chi connectivity index (χ2v) is 5.29. The first kappa shape index (κ1) is 11.7. The van der Waals surface area contributed by atoms with E-state index in [4.69, 9.17) is 9.47 Å². The molecule has 0 bridgehead atoms. The molecule has 2 aliphatic rings. The molecule has 0 unspecified atom stereocenters. The molecule has 0 aliphatic carbocycles. The van der Waals surface area contributed by atoms with Gasteiger partial charge in [0.25, 0.3) is 0 Å². The summed E-state index contributed by atoms with van der Waals surface area (Å²) in [4.78, 5) is 2.27. The van der Waals surface area contributed by atoms with Crippen molar-refractivity contribution in [3.63, 3.8) is 0 Å². The third kappa shape index (κ3) is 2.12. The van der Waals surface area contributed by atoms with Gasteiger partial charge in [-0.3, -0.25) is 0 Å². The number of aliphatic hydroxyl groups is 1. The van der Waals surface area contributed by atoms with Crippen molar-refractivity contribution in [2.24, 2.45) is 0 Å². The molecule has 1 fully saturated rings. The summed E-state index contributed by atoms with van der Waals surface area (Å²) in [5, 5.41) is 9.99. The van der Waals surface area contributed by atoms with Gasteiger partial charge in [0.15, 0.2) is 11.5 Å². The lowest BCUT2D eigenvalue weighted by molar-refractivity contribution is 0.0349. The summed E-state index contributed by atoms with van der Waals surface area (Å²) < 4.78 is 11.3. The highest BCUT2D eigenvalue weighted by atomic mass is 16.6. The second kappa shape index (κ2) is 4.35. The summed E-state index contributed by atoms with van der Waals surface area (Å²) in [7, 11) is 0. The topological polar surface area (TPSA) is 41.9 Å². The van der Waals surface area contributed by atoms with Crippen LogP contribution >= 0.6 is 0 Å². The predicted octanol–water partition coefficient (Wildman–Crippen LogP) is 1.81. The van der Waals surface area contributed by atoms with E-state index < -0.39 is 5.60 Å². The molecule has 0 spiro atoms. The van der Waals surface area contributed by atoms with E-state index in [0.717, 1.165) is 43.1 Å². The average Bonchev–Trinajstić information content (AvgIpc) is 2.38. The van der Waals surface area contributed by atoms with Gasteiger partial charge in [0.2, 0.25) is 0 Å². The molecule has 0 aromatic heterocycles. The van der Waals surface area contributed by atoms with Crippen LogP contribution in [0.15, 0.2) is 18.2 Å². The maximum Gasteiger partial charge on any atom is 0.184 e. The number of piperidine rings is 1. The van der Waals surface area contributed by atoms with Crippen molar-refractivity contribution in [2.45, 2.75) is 25.4 Å². The SMILES string of the molecule is CC1(O)CCN(c2cccc3c2OCCO3)CC1. The first-order valence-electron chi connectivity index (χ1n) is 6.52. The molecule has 0 saturated carbocycles. The van der Waals surface area contributed by atoms with Crippen molar-refractivity contribution in [1.29, 1.82) is 0 Å². The fourth-order valence-corrected chi connectivity index (χ4v) is 2.54. The average molecular weight is 249 g/mol. The van der Waals surface area contributed by atoms with Crippen LogP contribution in [0.1, 0.15) is 19.8 Å². The van der Waals surface area contributed by atoms with Crippen LogP contribution in [-0.4, -0.2) is 37.0 Å². The number of hydrogen-bond donors (Lipinski definition) is 1. The number of para-hydroxylation sites is 1. The molecule has 4 heteroatoms. The number of rotatable bonds is 1. The molecule has 0 amide bonds. The Morgan fingerprint density at radius 1 is 1.17 bits per heavy atom. The molecule has 1 N–H and O–H groups in total.